The number of nitrogens with zero attached hydrogens (tertiary/aromatic N) is 2. The molecule has 0 bridgehead atoms. The Balaban J connectivity index is 1.49. The molecule has 6 nitrogen and oxygen atoms in total. The van der Waals surface area contributed by atoms with E-state index in [-0.39, 0.29) is 17.7 Å². The van der Waals surface area contributed by atoms with Gasteiger partial charge in [0, 0.05) is 47.9 Å². The van der Waals surface area contributed by atoms with Crippen LogP contribution in [0.15, 0.2) is 30.5 Å². The molecule has 1 aromatic heterocycles. The Kier molecular flexibility index (Phi) is 3.37. The first kappa shape index (κ1) is 14.0. The van der Waals surface area contributed by atoms with E-state index in [0.717, 1.165) is 30.5 Å². The van der Waals surface area contributed by atoms with E-state index < -0.39 is 0 Å². The van der Waals surface area contributed by atoms with Gasteiger partial charge in [-0.2, -0.15) is 5.10 Å². The minimum Gasteiger partial charge on any atom is -0.334 e. The third-order valence-electron chi connectivity index (χ3n) is 4.41. The molecule has 2 heterocycles. The zero-order valence-electron chi connectivity index (χ0n) is 12.7. The highest BCUT2D eigenvalue weighted by Crippen LogP contribution is 2.30. The Morgan fingerprint density at radius 1 is 1.30 bits per heavy atom. The number of carbonyl (C=O) groups is 2. The Bertz CT molecular complexity index is 763. The summed E-state index contributed by atoms with van der Waals surface area (Å²) in [6.07, 6.45) is 4.50. The van der Waals surface area contributed by atoms with Crippen molar-refractivity contribution in [1.82, 2.24) is 15.1 Å². The van der Waals surface area contributed by atoms with E-state index in [1.54, 1.807) is 18.3 Å². The van der Waals surface area contributed by atoms with Gasteiger partial charge in [-0.3, -0.25) is 14.7 Å². The minimum absolute atomic E-state index is 0.0145. The summed E-state index contributed by atoms with van der Waals surface area (Å²) in [4.78, 5) is 26.4. The smallest absolute Gasteiger partial charge is 0.254 e. The molecule has 1 fully saturated rings. The van der Waals surface area contributed by atoms with Crippen molar-refractivity contribution in [2.75, 3.05) is 11.9 Å². The molecule has 1 aliphatic heterocycles. The summed E-state index contributed by atoms with van der Waals surface area (Å²) in [5, 5.41) is 9.89. The van der Waals surface area contributed by atoms with Crippen LogP contribution in [0.3, 0.4) is 0 Å². The summed E-state index contributed by atoms with van der Waals surface area (Å²) in [6, 6.07) is 7.18. The second-order valence-electron chi connectivity index (χ2n) is 6.19. The number of benzene rings is 1. The summed E-state index contributed by atoms with van der Waals surface area (Å²) in [5.74, 6) is 0.186. The van der Waals surface area contributed by atoms with Crippen LogP contribution in [0, 0.1) is 5.92 Å². The molecule has 2 N–H and O–H groups in total. The van der Waals surface area contributed by atoms with Gasteiger partial charge in [0.15, 0.2) is 0 Å². The van der Waals surface area contributed by atoms with E-state index >= 15 is 0 Å². The Labute approximate surface area is 133 Å². The molecule has 1 aromatic carbocycles. The van der Waals surface area contributed by atoms with Gasteiger partial charge in [-0.25, -0.2) is 0 Å². The van der Waals surface area contributed by atoms with E-state index in [2.05, 4.69) is 15.5 Å². The minimum atomic E-state index is -0.0145. The third-order valence-corrected chi connectivity index (χ3v) is 4.41. The average Bonchev–Trinajstić information content (AvgIpc) is 3.32. The molecule has 2 aliphatic rings. The first-order chi connectivity index (χ1) is 11.2. The number of H-pyrrole nitrogens is 1. The van der Waals surface area contributed by atoms with Gasteiger partial charge in [-0.15, -0.1) is 0 Å². The highest BCUT2D eigenvalue weighted by Gasteiger charge is 2.29. The zero-order chi connectivity index (χ0) is 15.8. The van der Waals surface area contributed by atoms with Crippen LogP contribution in [0.25, 0.3) is 0 Å². The number of hydrogen-bond donors (Lipinski definition) is 2. The van der Waals surface area contributed by atoms with Crippen molar-refractivity contribution in [2.24, 2.45) is 5.92 Å². The summed E-state index contributed by atoms with van der Waals surface area (Å²) >= 11 is 0. The number of rotatable bonds is 3. The molecule has 0 unspecified atom stereocenters. The fourth-order valence-corrected chi connectivity index (χ4v) is 2.90. The van der Waals surface area contributed by atoms with Gasteiger partial charge >= 0.3 is 0 Å². The number of anilines is 1. The standard InChI is InChI=1S/C17H18N4O2/c22-16(11-4-5-11)19-14-3-1-2-12(8-14)17(23)21-7-6-15-13(10-21)9-18-20-15/h1-3,8-9,11H,4-7,10H2,(H,18,20)(H,19,22). The van der Waals surface area contributed by atoms with Crippen molar-refractivity contribution in [3.8, 4) is 0 Å². The summed E-state index contributed by atoms with van der Waals surface area (Å²) in [7, 11) is 0. The van der Waals surface area contributed by atoms with Gasteiger partial charge in [-0.05, 0) is 31.0 Å². The van der Waals surface area contributed by atoms with Crippen LogP contribution in [0.2, 0.25) is 0 Å². The number of hydrogen-bond acceptors (Lipinski definition) is 3. The lowest BCUT2D eigenvalue weighted by Crippen LogP contribution is -2.35. The number of aromatic nitrogens is 2. The van der Waals surface area contributed by atoms with Crippen LogP contribution in [0.4, 0.5) is 5.69 Å². The summed E-state index contributed by atoms with van der Waals surface area (Å²) < 4.78 is 0. The largest absolute Gasteiger partial charge is 0.334 e. The number of aromatic amines is 1. The van der Waals surface area contributed by atoms with Gasteiger partial charge < -0.3 is 10.2 Å². The second kappa shape index (κ2) is 5.53. The molecule has 6 heteroatoms. The van der Waals surface area contributed by atoms with Gasteiger partial charge in [0.05, 0.1) is 6.20 Å². The molecule has 2 amide bonds. The summed E-state index contributed by atoms with van der Waals surface area (Å²) in [5.41, 5.74) is 3.47. The molecular weight excluding hydrogens is 292 g/mol. The molecular formula is C17H18N4O2. The van der Waals surface area contributed by atoms with Crippen LogP contribution >= 0.6 is 0 Å². The lowest BCUT2D eigenvalue weighted by molar-refractivity contribution is -0.117. The van der Waals surface area contributed by atoms with E-state index in [4.69, 9.17) is 0 Å². The number of carbonyl (C=O) groups excluding carboxylic acids is 2. The number of amides is 2. The predicted octanol–water partition coefficient (Wildman–Crippen LogP) is 1.96. The molecule has 1 saturated carbocycles. The maximum absolute atomic E-state index is 12.7. The van der Waals surface area contributed by atoms with Crippen LogP contribution in [0.5, 0.6) is 0 Å². The van der Waals surface area contributed by atoms with Crippen molar-refractivity contribution < 1.29 is 9.59 Å². The second-order valence-corrected chi connectivity index (χ2v) is 6.19. The van der Waals surface area contributed by atoms with Crippen molar-refractivity contribution in [2.45, 2.75) is 25.8 Å². The molecule has 118 valence electrons. The normalized spacial score (nSPS) is 16.8. The highest BCUT2D eigenvalue weighted by atomic mass is 16.2. The molecule has 0 atom stereocenters. The van der Waals surface area contributed by atoms with Crippen molar-refractivity contribution in [3.63, 3.8) is 0 Å². The topological polar surface area (TPSA) is 78.1 Å². The Morgan fingerprint density at radius 2 is 2.17 bits per heavy atom. The van der Waals surface area contributed by atoms with Crippen LogP contribution in [-0.2, 0) is 17.8 Å². The van der Waals surface area contributed by atoms with Gasteiger partial charge in [0.2, 0.25) is 5.91 Å². The third kappa shape index (κ3) is 2.84. The van der Waals surface area contributed by atoms with E-state index in [9.17, 15) is 9.59 Å². The molecule has 1 aliphatic carbocycles. The van der Waals surface area contributed by atoms with Crippen molar-refractivity contribution in [1.29, 1.82) is 0 Å². The maximum Gasteiger partial charge on any atom is 0.254 e. The molecule has 4 rings (SSSR count). The Hall–Kier alpha value is -2.63. The quantitative estimate of drug-likeness (QED) is 0.909. The lowest BCUT2D eigenvalue weighted by atomic mass is 10.1. The highest BCUT2D eigenvalue weighted by molar-refractivity contribution is 5.98. The predicted molar refractivity (Wildman–Crippen MR) is 84.8 cm³/mol. The monoisotopic (exact) mass is 310 g/mol. The van der Waals surface area contributed by atoms with Gasteiger partial charge in [-0.1, -0.05) is 6.07 Å². The summed E-state index contributed by atoms with van der Waals surface area (Å²) in [6.45, 7) is 1.25. The van der Waals surface area contributed by atoms with E-state index in [0.29, 0.717) is 24.3 Å². The van der Waals surface area contributed by atoms with Gasteiger partial charge in [0.1, 0.15) is 0 Å². The first-order valence-electron chi connectivity index (χ1n) is 7.92. The lowest BCUT2D eigenvalue weighted by Gasteiger charge is -2.26. The van der Waals surface area contributed by atoms with Crippen molar-refractivity contribution in [3.05, 3.63) is 47.3 Å². The number of fused-ring (bicyclic) bond motifs is 1. The maximum atomic E-state index is 12.7. The fourth-order valence-electron chi connectivity index (χ4n) is 2.90. The van der Waals surface area contributed by atoms with Gasteiger partial charge in [0.25, 0.3) is 5.91 Å². The first-order valence-corrected chi connectivity index (χ1v) is 7.92. The fraction of sp³-hybridized carbons (Fsp3) is 0.353. The van der Waals surface area contributed by atoms with Crippen LogP contribution in [-0.4, -0.2) is 33.5 Å². The number of nitrogens with one attached hydrogen (secondary N) is 2. The van der Waals surface area contributed by atoms with E-state index in [1.807, 2.05) is 17.0 Å². The molecule has 0 spiro atoms. The Morgan fingerprint density at radius 3 is 3.00 bits per heavy atom. The zero-order valence-corrected chi connectivity index (χ0v) is 12.7. The molecule has 2 aromatic rings. The van der Waals surface area contributed by atoms with Crippen LogP contribution < -0.4 is 5.32 Å². The molecule has 0 saturated heterocycles. The average molecular weight is 310 g/mol. The molecule has 23 heavy (non-hydrogen) atoms. The van der Waals surface area contributed by atoms with Crippen molar-refractivity contribution >= 4 is 17.5 Å². The SMILES string of the molecule is O=C(Nc1cccc(C(=O)N2CCc3[nH]ncc3C2)c1)C1CC1. The van der Waals surface area contributed by atoms with E-state index in [1.165, 1.54) is 0 Å². The van der Waals surface area contributed by atoms with Crippen LogP contribution in [0.1, 0.15) is 34.5 Å². The molecule has 0 radical (unpaired) electrons.